The van der Waals surface area contributed by atoms with Crippen molar-refractivity contribution in [2.75, 3.05) is 19.8 Å². The summed E-state index contributed by atoms with van der Waals surface area (Å²) < 4.78 is 16.5. The number of aryl methyl sites for hydroxylation is 1. The molecule has 3 aromatic rings. The smallest absolute Gasteiger partial charge is 0.293 e. The van der Waals surface area contributed by atoms with Crippen LogP contribution in [-0.2, 0) is 4.74 Å². The van der Waals surface area contributed by atoms with Crippen LogP contribution in [0.1, 0.15) is 17.4 Å². The zero-order valence-electron chi connectivity index (χ0n) is 11.6. The molecule has 1 aromatic carbocycles. The van der Waals surface area contributed by atoms with Gasteiger partial charge in [0, 0.05) is 11.9 Å². The zero-order chi connectivity index (χ0) is 14.2. The fourth-order valence-corrected chi connectivity index (χ4v) is 2.48. The standard InChI is InChI=1S/C15H15N3O3/c1-9-2-3-12-10(6-9)7-13(20-12)15-17-14(18-21-15)11-8-19-5-4-16-11/h2-3,6-7,11,16H,4-5,8H2,1H3. The average Bonchev–Trinajstić information content (AvgIpc) is 3.14. The summed E-state index contributed by atoms with van der Waals surface area (Å²) in [4.78, 5) is 4.41. The number of morpholine rings is 1. The van der Waals surface area contributed by atoms with Gasteiger partial charge in [-0.2, -0.15) is 4.98 Å². The summed E-state index contributed by atoms with van der Waals surface area (Å²) in [7, 11) is 0. The Morgan fingerprint density at radius 1 is 1.29 bits per heavy atom. The lowest BCUT2D eigenvalue weighted by atomic mass is 10.2. The number of nitrogens with zero attached hydrogens (tertiary/aromatic N) is 2. The molecular weight excluding hydrogens is 270 g/mol. The quantitative estimate of drug-likeness (QED) is 0.779. The Morgan fingerprint density at radius 2 is 2.24 bits per heavy atom. The molecular formula is C15H15N3O3. The summed E-state index contributed by atoms with van der Waals surface area (Å²) in [5.41, 5.74) is 2.00. The number of hydrogen-bond donors (Lipinski definition) is 1. The van der Waals surface area contributed by atoms with Crippen LogP contribution in [0.25, 0.3) is 22.6 Å². The van der Waals surface area contributed by atoms with Gasteiger partial charge < -0.3 is 19.0 Å². The molecule has 0 spiro atoms. The predicted molar refractivity (Wildman–Crippen MR) is 75.8 cm³/mol. The van der Waals surface area contributed by atoms with Crippen molar-refractivity contribution in [3.63, 3.8) is 0 Å². The summed E-state index contributed by atoms with van der Waals surface area (Å²) in [6, 6.07) is 7.92. The van der Waals surface area contributed by atoms with E-state index >= 15 is 0 Å². The van der Waals surface area contributed by atoms with Crippen molar-refractivity contribution in [2.45, 2.75) is 13.0 Å². The predicted octanol–water partition coefficient (Wildman–Crippen LogP) is 2.45. The van der Waals surface area contributed by atoms with E-state index < -0.39 is 0 Å². The first-order valence-electron chi connectivity index (χ1n) is 6.95. The third-order valence-electron chi connectivity index (χ3n) is 3.56. The van der Waals surface area contributed by atoms with Crippen molar-refractivity contribution in [2.24, 2.45) is 0 Å². The SMILES string of the molecule is Cc1ccc2oc(-c3nc(C4COCCN4)no3)cc2c1. The van der Waals surface area contributed by atoms with Crippen LogP contribution in [-0.4, -0.2) is 29.9 Å². The maximum atomic E-state index is 5.76. The minimum absolute atomic E-state index is 0.0251. The molecule has 6 heteroatoms. The van der Waals surface area contributed by atoms with Gasteiger partial charge in [-0.15, -0.1) is 0 Å². The molecule has 0 aliphatic carbocycles. The van der Waals surface area contributed by atoms with E-state index in [-0.39, 0.29) is 6.04 Å². The maximum absolute atomic E-state index is 5.76. The minimum Gasteiger partial charge on any atom is -0.451 e. The molecule has 6 nitrogen and oxygen atoms in total. The molecule has 1 atom stereocenters. The lowest BCUT2D eigenvalue weighted by Gasteiger charge is -2.20. The molecule has 1 N–H and O–H groups in total. The molecule has 1 saturated heterocycles. The van der Waals surface area contributed by atoms with Crippen molar-refractivity contribution < 1.29 is 13.7 Å². The van der Waals surface area contributed by atoms with Gasteiger partial charge in [-0.05, 0) is 25.1 Å². The minimum atomic E-state index is -0.0251. The molecule has 1 unspecified atom stereocenters. The van der Waals surface area contributed by atoms with Crippen LogP contribution < -0.4 is 5.32 Å². The summed E-state index contributed by atoms with van der Waals surface area (Å²) in [6.07, 6.45) is 0. The highest BCUT2D eigenvalue weighted by Gasteiger charge is 2.22. The van der Waals surface area contributed by atoms with Crippen LogP contribution in [0.2, 0.25) is 0 Å². The van der Waals surface area contributed by atoms with Crippen molar-refractivity contribution in [1.82, 2.24) is 15.5 Å². The largest absolute Gasteiger partial charge is 0.451 e. The summed E-state index contributed by atoms with van der Waals surface area (Å²) >= 11 is 0. The number of aromatic nitrogens is 2. The highest BCUT2D eigenvalue weighted by molar-refractivity contribution is 5.82. The van der Waals surface area contributed by atoms with Gasteiger partial charge >= 0.3 is 0 Å². The molecule has 3 heterocycles. The first-order chi connectivity index (χ1) is 10.3. The van der Waals surface area contributed by atoms with Crippen LogP contribution in [0.3, 0.4) is 0 Å². The van der Waals surface area contributed by atoms with Crippen molar-refractivity contribution in [3.8, 4) is 11.7 Å². The Bertz CT molecular complexity index is 771. The molecule has 0 bridgehead atoms. The van der Waals surface area contributed by atoms with Crippen LogP contribution in [0.5, 0.6) is 0 Å². The number of benzene rings is 1. The van der Waals surface area contributed by atoms with E-state index in [0.29, 0.717) is 30.7 Å². The molecule has 0 saturated carbocycles. The van der Waals surface area contributed by atoms with Gasteiger partial charge in [-0.25, -0.2) is 0 Å². The summed E-state index contributed by atoms with van der Waals surface area (Å²) in [5.74, 6) is 1.58. The summed E-state index contributed by atoms with van der Waals surface area (Å²) in [6.45, 7) is 4.10. The van der Waals surface area contributed by atoms with Gasteiger partial charge in [-0.1, -0.05) is 16.8 Å². The first-order valence-corrected chi connectivity index (χ1v) is 6.95. The molecule has 1 aliphatic rings. The Hall–Kier alpha value is -2.18. The lowest BCUT2D eigenvalue weighted by molar-refractivity contribution is 0.0734. The Kier molecular flexibility index (Phi) is 2.98. The van der Waals surface area contributed by atoms with E-state index in [0.717, 1.165) is 17.5 Å². The Morgan fingerprint density at radius 3 is 3.10 bits per heavy atom. The normalized spacial score (nSPS) is 19.2. The Balaban J connectivity index is 1.67. The van der Waals surface area contributed by atoms with E-state index in [2.05, 4.69) is 21.5 Å². The van der Waals surface area contributed by atoms with Crippen LogP contribution in [0.15, 0.2) is 33.2 Å². The second-order valence-corrected chi connectivity index (χ2v) is 5.19. The van der Waals surface area contributed by atoms with E-state index in [1.54, 1.807) is 0 Å². The number of hydrogen-bond acceptors (Lipinski definition) is 6. The van der Waals surface area contributed by atoms with Gasteiger partial charge in [0.1, 0.15) is 5.58 Å². The maximum Gasteiger partial charge on any atom is 0.293 e. The van der Waals surface area contributed by atoms with Gasteiger partial charge in [0.25, 0.3) is 5.89 Å². The monoisotopic (exact) mass is 285 g/mol. The first kappa shape index (κ1) is 12.6. The van der Waals surface area contributed by atoms with Crippen LogP contribution in [0, 0.1) is 6.92 Å². The molecule has 4 rings (SSSR count). The fraction of sp³-hybridized carbons (Fsp3) is 0.333. The molecule has 108 valence electrons. The van der Waals surface area contributed by atoms with Gasteiger partial charge in [0.15, 0.2) is 11.6 Å². The zero-order valence-corrected chi connectivity index (χ0v) is 11.6. The van der Waals surface area contributed by atoms with E-state index in [4.69, 9.17) is 13.7 Å². The average molecular weight is 285 g/mol. The molecule has 1 fully saturated rings. The van der Waals surface area contributed by atoms with Crippen molar-refractivity contribution in [3.05, 3.63) is 35.7 Å². The fourth-order valence-electron chi connectivity index (χ4n) is 2.48. The van der Waals surface area contributed by atoms with E-state index in [9.17, 15) is 0 Å². The molecule has 1 aliphatic heterocycles. The van der Waals surface area contributed by atoms with Crippen molar-refractivity contribution >= 4 is 11.0 Å². The number of furan rings is 1. The van der Waals surface area contributed by atoms with Gasteiger partial charge in [0.2, 0.25) is 0 Å². The van der Waals surface area contributed by atoms with Crippen LogP contribution >= 0.6 is 0 Å². The molecule has 0 radical (unpaired) electrons. The second kappa shape index (κ2) is 4.98. The van der Waals surface area contributed by atoms with E-state index in [1.165, 1.54) is 5.56 Å². The van der Waals surface area contributed by atoms with Gasteiger partial charge in [-0.3, -0.25) is 0 Å². The molecule has 2 aromatic heterocycles. The number of nitrogens with one attached hydrogen (secondary N) is 1. The van der Waals surface area contributed by atoms with Gasteiger partial charge in [0.05, 0.1) is 19.3 Å². The highest BCUT2D eigenvalue weighted by atomic mass is 16.5. The topological polar surface area (TPSA) is 73.3 Å². The number of fused-ring (bicyclic) bond motifs is 1. The Labute approximate surface area is 121 Å². The number of ether oxygens (including phenoxy) is 1. The molecule has 21 heavy (non-hydrogen) atoms. The third-order valence-corrected chi connectivity index (χ3v) is 3.56. The highest BCUT2D eigenvalue weighted by Crippen LogP contribution is 2.28. The molecule has 0 amide bonds. The number of rotatable bonds is 2. The lowest BCUT2D eigenvalue weighted by Crippen LogP contribution is -2.35. The summed E-state index contributed by atoms with van der Waals surface area (Å²) in [5, 5.41) is 8.34. The van der Waals surface area contributed by atoms with Crippen LogP contribution in [0.4, 0.5) is 0 Å². The van der Waals surface area contributed by atoms with Crippen molar-refractivity contribution in [1.29, 1.82) is 0 Å². The van der Waals surface area contributed by atoms with E-state index in [1.807, 2.05) is 25.1 Å². The second-order valence-electron chi connectivity index (χ2n) is 5.19. The third kappa shape index (κ3) is 2.32.